The molecule has 0 radical (unpaired) electrons. The lowest BCUT2D eigenvalue weighted by Crippen LogP contribution is -2.39. The highest BCUT2D eigenvalue weighted by atomic mass is 16.6. The SMILES string of the molecule is c1cc(CNC(C2CO2)C2CO2)cc(CNC(C2CO2)C2CO2)c1. The van der Waals surface area contributed by atoms with Gasteiger partial charge in [-0.05, 0) is 11.1 Å². The molecule has 4 unspecified atom stereocenters. The third-order valence-electron chi connectivity index (χ3n) is 5.11. The van der Waals surface area contributed by atoms with Crippen LogP contribution in [0, 0.1) is 0 Å². The molecule has 0 aromatic heterocycles. The number of epoxide rings is 4. The Morgan fingerprint density at radius 3 is 1.46 bits per heavy atom. The predicted molar refractivity (Wildman–Crippen MR) is 86.7 cm³/mol. The second kappa shape index (κ2) is 6.37. The second-order valence-electron chi connectivity index (χ2n) is 7.12. The highest BCUT2D eigenvalue weighted by molar-refractivity contribution is 5.24. The van der Waals surface area contributed by atoms with Gasteiger partial charge in [0, 0.05) is 13.1 Å². The fourth-order valence-corrected chi connectivity index (χ4v) is 3.38. The van der Waals surface area contributed by atoms with Crippen molar-refractivity contribution >= 4 is 0 Å². The summed E-state index contributed by atoms with van der Waals surface area (Å²) in [5.74, 6) is 0. The monoisotopic (exact) mass is 332 g/mol. The largest absolute Gasteiger partial charge is 0.371 e. The summed E-state index contributed by atoms with van der Waals surface area (Å²) in [7, 11) is 0. The first-order chi connectivity index (χ1) is 11.9. The van der Waals surface area contributed by atoms with E-state index in [0.717, 1.165) is 39.5 Å². The number of ether oxygens (including phenoxy) is 4. The van der Waals surface area contributed by atoms with Gasteiger partial charge >= 0.3 is 0 Å². The number of hydrogen-bond acceptors (Lipinski definition) is 6. The molecule has 4 fully saturated rings. The van der Waals surface area contributed by atoms with Crippen LogP contribution in [0.25, 0.3) is 0 Å². The average molecular weight is 332 g/mol. The molecule has 4 atom stereocenters. The van der Waals surface area contributed by atoms with Gasteiger partial charge in [0.05, 0.1) is 62.9 Å². The van der Waals surface area contributed by atoms with Gasteiger partial charge in [0.2, 0.25) is 0 Å². The number of nitrogens with one attached hydrogen (secondary N) is 2. The summed E-state index contributed by atoms with van der Waals surface area (Å²) in [6.07, 6.45) is 1.33. The Kier molecular flexibility index (Phi) is 4.05. The quantitative estimate of drug-likeness (QED) is 0.596. The van der Waals surface area contributed by atoms with Gasteiger partial charge < -0.3 is 29.6 Å². The highest BCUT2D eigenvalue weighted by Crippen LogP contribution is 2.26. The summed E-state index contributed by atoms with van der Waals surface area (Å²) in [6, 6.07) is 9.38. The van der Waals surface area contributed by atoms with Crippen LogP contribution in [-0.2, 0) is 32.0 Å². The average Bonchev–Trinajstić information content (AvgIpc) is 3.46. The Balaban J connectivity index is 1.15. The van der Waals surface area contributed by atoms with E-state index in [4.69, 9.17) is 18.9 Å². The molecule has 4 aliphatic rings. The number of benzene rings is 1. The Labute approximate surface area is 141 Å². The van der Waals surface area contributed by atoms with Crippen molar-refractivity contribution in [3.05, 3.63) is 35.4 Å². The summed E-state index contributed by atoms with van der Waals surface area (Å²) in [4.78, 5) is 0. The van der Waals surface area contributed by atoms with E-state index in [0.29, 0.717) is 36.5 Å². The normalized spacial score (nSPS) is 35.3. The molecular formula is C18H24N2O4. The van der Waals surface area contributed by atoms with E-state index >= 15 is 0 Å². The van der Waals surface area contributed by atoms with Crippen molar-refractivity contribution < 1.29 is 18.9 Å². The highest BCUT2D eigenvalue weighted by Gasteiger charge is 2.44. The fraction of sp³-hybridized carbons (Fsp3) is 0.667. The molecule has 130 valence electrons. The molecular weight excluding hydrogens is 308 g/mol. The Morgan fingerprint density at radius 1 is 0.750 bits per heavy atom. The van der Waals surface area contributed by atoms with Gasteiger partial charge in [0.25, 0.3) is 0 Å². The van der Waals surface area contributed by atoms with E-state index in [1.54, 1.807) is 0 Å². The first kappa shape index (κ1) is 15.3. The molecule has 0 spiro atoms. The minimum atomic E-state index is 0.329. The van der Waals surface area contributed by atoms with Crippen LogP contribution in [0.5, 0.6) is 0 Å². The van der Waals surface area contributed by atoms with Crippen molar-refractivity contribution in [3.63, 3.8) is 0 Å². The van der Waals surface area contributed by atoms with Crippen molar-refractivity contribution in [2.45, 2.75) is 49.6 Å². The van der Waals surface area contributed by atoms with E-state index in [1.165, 1.54) is 11.1 Å². The minimum Gasteiger partial charge on any atom is -0.371 e. The molecule has 0 aliphatic carbocycles. The first-order valence-corrected chi connectivity index (χ1v) is 8.88. The van der Waals surface area contributed by atoms with E-state index in [2.05, 4.69) is 34.9 Å². The van der Waals surface area contributed by atoms with Crippen LogP contribution in [0.15, 0.2) is 24.3 Å². The van der Waals surface area contributed by atoms with Crippen LogP contribution in [0.4, 0.5) is 0 Å². The maximum atomic E-state index is 5.43. The number of hydrogen-bond donors (Lipinski definition) is 2. The van der Waals surface area contributed by atoms with Crippen LogP contribution >= 0.6 is 0 Å². The van der Waals surface area contributed by atoms with Crippen LogP contribution in [0.1, 0.15) is 11.1 Å². The molecule has 6 nitrogen and oxygen atoms in total. The Hall–Kier alpha value is -1.02. The van der Waals surface area contributed by atoms with Gasteiger partial charge in [0.1, 0.15) is 0 Å². The molecule has 2 N–H and O–H groups in total. The van der Waals surface area contributed by atoms with Crippen LogP contribution in [-0.4, -0.2) is 62.9 Å². The molecule has 6 heteroatoms. The topological polar surface area (TPSA) is 74.2 Å². The van der Waals surface area contributed by atoms with Crippen molar-refractivity contribution in [1.29, 1.82) is 0 Å². The third kappa shape index (κ3) is 3.79. The van der Waals surface area contributed by atoms with Gasteiger partial charge in [-0.1, -0.05) is 24.3 Å². The van der Waals surface area contributed by atoms with Gasteiger partial charge in [-0.15, -0.1) is 0 Å². The van der Waals surface area contributed by atoms with E-state index in [1.807, 2.05) is 0 Å². The zero-order chi connectivity index (χ0) is 15.9. The Bertz CT molecular complexity index is 511. The van der Waals surface area contributed by atoms with Gasteiger partial charge in [-0.25, -0.2) is 0 Å². The molecule has 1 aromatic rings. The van der Waals surface area contributed by atoms with Crippen molar-refractivity contribution in [2.24, 2.45) is 0 Å². The zero-order valence-electron chi connectivity index (χ0n) is 13.6. The lowest BCUT2D eigenvalue weighted by molar-refractivity contribution is 0.278. The summed E-state index contributed by atoms with van der Waals surface area (Å²) >= 11 is 0. The van der Waals surface area contributed by atoms with E-state index < -0.39 is 0 Å². The predicted octanol–water partition coefficient (Wildman–Crippen LogP) is 0.198. The number of rotatable bonds is 10. The van der Waals surface area contributed by atoms with Crippen molar-refractivity contribution in [2.75, 3.05) is 26.4 Å². The molecule has 4 heterocycles. The summed E-state index contributed by atoms with van der Waals surface area (Å²) in [5.41, 5.74) is 2.59. The first-order valence-electron chi connectivity index (χ1n) is 8.88. The van der Waals surface area contributed by atoms with Gasteiger partial charge in [0.15, 0.2) is 0 Å². The molecule has 4 aliphatic heterocycles. The van der Waals surface area contributed by atoms with Crippen molar-refractivity contribution in [3.8, 4) is 0 Å². The summed E-state index contributed by atoms with van der Waals surface area (Å²) < 4.78 is 21.7. The third-order valence-corrected chi connectivity index (χ3v) is 5.11. The molecule has 1 aromatic carbocycles. The summed E-state index contributed by atoms with van der Waals surface area (Å²) in [5, 5.41) is 7.20. The molecule has 0 saturated carbocycles. The van der Waals surface area contributed by atoms with Gasteiger partial charge in [-0.3, -0.25) is 0 Å². The molecule has 24 heavy (non-hydrogen) atoms. The lowest BCUT2D eigenvalue weighted by atomic mass is 10.1. The fourth-order valence-electron chi connectivity index (χ4n) is 3.38. The molecule has 0 bridgehead atoms. The van der Waals surface area contributed by atoms with Crippen LogP contribution in [0.2, 0.25) is 0 Å². The van der Waals surface area contributed by atoms with E-state index in [9.17, 15) is 0 Å². The minimum absolute atomic E-state index is 0.329. The zero-order valence-corrected chi connectivity index (χ0v) is 13.6. The Morgan fingerprint density at radius 2 is 1.12 bits per heavy atom. The summed E-state index contributed by atoms with van der Waals surface area (Å²) in [6.45, 7) is 5.12. The molecule has 4 saturated heterocycles. The molecule has 5 rings (SSSR count). The smallest absolute Gasteiger partial charge is 0.0988 e. The maximum absolute atomic E-state index is 5.43. The van der Waals surface area contributed by atoms with Crippen LogP contribution in [0.3, 0.4) is 0 Å². The second-order valence-corrected chi connectivity index (χ2v) is 7.12. The molecule has 0 amide bonds. The lowest BCUT2D eigenvalue weighted by Gasteiger charge is -2.16. The van der Waals surface area contributed by atoms with E-state index in [-0.39, 0.29) is 0 Å². The van der Waals surface area contributed by atoms with Crippen molar-refractivity contribution in [1.82, 2.24) is 10.6 Å². The van der Waals surface area contributed by atoms with Gasteiger partial charge in [-0.2, -0.15) is 0 Å². The standard InChI is InChI=1S/C18H24N2O4/c1-2-11(5-19-17(13-7-21-13)14-8-22-14)4-12(3-1)6-20-18(15-9-23-15)16-10-24-16/h1-4,13-20H,5-10H2. The maximum Gasteiger partial charge on any atom is 0.0988 e. The van der Waals surface area contributed by atoms with Crippen LogP contribution < -0.4 is 10.6 Å².